The largest absolute Gasteiger partial charge is 0.379 e. The van der Waals surface area contributed by atoms with Crippen LogP contribution in [0.25, 0.3) is 0 Å². The van der Waals surface area contributed by atoms with Crippen molar-refractivity contribution in [2.45, 2.75) is 51.6 Å². The Morgan fingerprint density at radius 1 is 1.25 bits per heavy atom. The number of nitrogens with one attached hydrogen (secondary N) is 2. The lowest BCUT2D eigenvalue weighted by Crippen LogP contribution is -2.09. The second-order valence-electron chi connectivity index (χ2n) is 5.57. The molecule has 0 atom stereocenters. The maximum absolute atomic E-state index is 5.53. The third-order valence-corrected chi connectivity index (χ3v) is 3.27. The summed E-state index contributed by atoms with van der Waals surface area (Å²) in [5.74, 6) is 3.37. The number of rotatable bonds is 9. The van der Waals surface area contributed by atoms with E-state index in [2.05, 4.69) is 34.4 Å². The Bertz CT molecular complexity index is 418. The summed E-state index contributed by atoms with van der Waals surface area (Å²) in [6.45, 7) is 5.89. The van der Waals surface area contributed by atoms with Gasteiger partial charge in [0.2, 0.25) is 0 Å². The van der Waals surface area contributed by atoms with Crippen molar-refractivity contribution in [3.63, 3.8) is 0 Å². The first-order valence-corrected chi connectivity index (χ1v) is 7.61. The molecular weight excluding hydrogens is 252 g/mol. The SMILES string of the molecule is CNc1cc(NCCCCOC(C)C)nc(C2CC2)n1. The predicted octanol–water partition coefficient (Wildman–Crippen LogP) is 3.01. The zero-order valence-corrected chi connectivity index (χ0v) is 12.8. The highest BCUT2D eigenvalue weighted by Gasteiger charge is 2.27. The van der Waals surface area contributed by atoms with Crippen LogP contribution >= 0.6 is 0 Å². The lowest BCUT2D eigenvalue weighted by Gasteiger charge is -2.10. The van der Waals surface area contributed by atoms with Gasteiger partial charge in [0, 0.05) is 32.2 Å². The molecule has 1 heterocycles. The van der Waals surface area contributed by atoms with E-state index in [4.69, 9.17) is 4.74 Å². The summed E-state index contributed by atoms with van der Waals surface area (Å²) in [4.78, 5) is 9.10. The molecule has 5 heteroatoms. The molecule has 0 bridgehead atoms. The molecule has 0 amide bonds. The third-order valence-electron chi connectivity index (χ3n) is 3.27. The van der Waals surface area contributed by atoms with Crippen molar-refractivity contribution in [3.05, 3.63) is 11.9 Å². The molecule has 0 unspecified atom stereocenters. The Morgan fingerprint density at radius 2 is 2.00 bits per heavy atom. The number of hydrogen-bond donors (Lipinski definition) is 2. The first-order chi connectivity index (χ1) is 9.69. The Morgan fingerprint density at radius 3 is 2.65 bits per heavy atom. The van der Waals surface area contributed by atoms with Crippen LogP contribution in [-0.2, 0) is 4.74 Å². The summed E-state index contributed by atoms with van der Waals surface area (Å²) in [5.41, 5.74) is 0. The van der Waals surface area contributed by atoms with E-state index in [-0.39, 0.29) is 0 Å². The molecule has 1 saturated carbocycles. The number of anilines is 2. The van der Waals surface area contributed by atoms with Crippen LogP contribution < -0.4 is 10.6 Å². The second-order valence-corrected chi connectivity index (χ2v) is 5.57. The summed E-state index contributed by atoms with van der Waals surface area (Å²) in [6, 6.07) is 1.97. The quantitative estimate of drug-likeness (QED) is 0.680. The summed E-state index contributed by atoms with van der Waals surface area (Å²) in [6.07, 6.45) is 4.93. The lowest BCUT2D eigenvalue weighted by atomic mass is 10.3. The highest BCUT2D eigenvalue weighted by Crippen LogP contribution is 2.38. The normalized spacial score (nSPS) is 14.6. The molecule has 0 aromatic carbocycles. The van der Waals surface area contributed by atoms with E-state index in [1.165, 1.54) is 12.8 Å². The molecule has 0 aliphatic heterocycles. The van der Waals surface area contributed by atoms with Gasteiger partial charge in [0.25, 0.3) is 0 Å². The minimum absolute atomic E-state index is 0.323. The van der Waals surface area contributed by atoms with Crippen LogP contribution in [0.4, 0.5) is 11.6 Å². The zero-order chi connectivity index (χ0) is 14.4. The van der Waals surface area contributed by atoms with Gasteiger partial charge in [-0.15, -0.1) is 0 Å². The molecule has 2 rings (SSSR count). The maximum atomic E-state index is 5.53. The number of nitrogens with zero attached hydrogens (tertiary/aromatic N) is 2. The number of unbranched alkanes of at least 4 members (excludes halogenated alkanes) is 1. The van der Waals surface area contributed by atoms with Gasteiger partial charge in [-0.1, -0.05) is 0 Å². The van der Waals surface area contributed by atoms with E-state index >= 15 is 0 Å². The highest BCUT2D eigenvalue weighted by molar-refractivity contribution is 5.47. The van der Waals surface area contributed by atoms with Crippen molar-refractivity contribution in [1.29, 1.82) is 0 Å². The Hall–Kier alpha value is -1.36. The van der Waals surface area contributed by atoms with Crippen LogP contribution in [0, 0.1) is 0 Å². The van der Waals surface area contributed by atoms with Crippen molar-refractivity contribution in [1.82, 2.24) is 9.97 Å². The summed E-state index contributed by atoms with van der Waals surface area (Å²) in [5, 5.41) is 6.49. The van der Waals surface area contributed by atoms with Gasteiger partial charge in [-0.3, -0.25) is 0 Å². The van der Waals surface area contributed by atoms with Gasteiger partial charge in [0.1, 0.15) is 17.5 Å². The number of hydrogen-bond acceptors (Lipinski definition) is 5. The topological polar surface area (TPSA) is 59.1 Å². The molecule has 2 N–H and O–H groups in total. The number of aromatic nitrogens is 2. The summed E-state index contributed by atoms with van der Waals surface area (Å²) < 4.78 is 5.53. The van der Waals surface area contributed by atoms with Gasteiger partial charge in [-0.2, -0.15) is 0 Å². The van der Waals surface area contributed by atoms with E-state index in [1.807, 2.05) is 13.1 Å². The molecule has 1 aromatic rings. The Kier molecular flexibility index (Phi) is 5.59. The van der Waals surface area contributed by atoms with Crippen molar-refractivity contribution in [3.8, 4) is 0 Å². The smallest absolute Gasteiger partial charge is 0.136 e. The van der Waals surface area contributed by atoms with E-state index in [9.17, 15) is 0 Å². The number of ether oxygens (including phenoxy) is 1. The van der Waals surface area contributed by atoms with E-state index < -0.39 is 0 Å². The minimum atomic E-state index is 0.323. The van der Waals surface area contributed by atoms with Gasteiger partial charge >= 0.3 is 0 Å². The summed E-state index contributed by atoms with van der Waals surface area (Å²) in [7, 11) is 1.89. The highest BCUT2D eigenvalue weighted by atomic mass is 16.5. The van der Waals surface area contributed by atoms with Gasteiger partial charge < -0.3 is 15.4 Å². The van der Waals surface area contributed by atoms with Gasteiger partial charge in [0.15, 0.2) is 0 Å². The van der Waals surface area contributed by atoms with Crippen molar-refractivity contribution >= 4 is 11.6 Å². The Labute approximate surface area is 121 Å². The van der Waals surface area contributed by atoms with Gasteiger partial charge in [-0.05, 0) is 39.5 Å². The molecule has 112 valence electrons. The van der Waals surface area contributed by atoms with Crippen LogP contribution in [0.5, 0.6) is 0 Å². The van der Waals surface area contributed by atoms with Crippen molar-refractivity contribution < 1.29 is 4.74 Å². The molecule has 1 aliphatic carbocycles. The molecule has 1 fully saturated rings. The predicted molar refractivity (Wildman–Crippen MR) is 82.4 cm³/mol. The van der Waals surface area contributed by atoms with E-state index in [0.717, 1.165) is 43.5 Å². The Balaban J connectivity index is 1.75. The average Bonchev–Trinajstić information content (AvgIpc) is 3.26. The fraction of sp³-hybridized carbons (Fsp3) is 0.733. The second kappa shape index (κ2) is 7.43. The average molecular weight is 278 g/mol. The minimum Gasteiger partial charge on any atom is -0.379 e. The monoisotopic (exact) mass is 278 g/mol. The van der Waals surface area contributed by atoms with Gasteiger partial charge in [-0.25, -0.2) is 9.97 Å². The molecule has 1 aliphatic rings. The molecule has 5 nitrogen and oxygen atoms in total. The van der Waals surface area contributed by atoms with Crippen LogP contribution in [0.1, 0.15) is 51.3 Å². The molecule has 0 spiro atoms. The van der Waals surface area contributed by atoms with Crippen LogP contribution in [-0.4, -0.2) is 36.3 Å². The molecular formula is C15H26N4O. The molecule has 1 aromatic heterocycles. The van der Waals surface area contributed by atoms with Crippen LogP contribution in [0.3, 0.4) is 0 Å². The van der Waals surface area contributed by atoms with Gasteiger partial charge in [0.05, 0.1) is 6.10 Å². The van der Waals surface area contributed by atoms with E-state index in [1.54, 1.807) is 0 Å². The first-order valence-electron chi connectivity index (χ1n) is 7.61. The van der Waals surface area contributed by atoms with Crippen LogP contribution in [0.15, 0.2) is 6.07 Å². The van der Waals surface area contributed by atoms with Crippen molar-refractivity contribution in [2.24, 2.45) is 0 Å². The van der Waals surface area contributed by atoms with Crippen molar-refractivity contribution in [2.75, 3.05) is 30.8 Å². The summed E-state index contributed by atoms with van der Waals surface area (Å²) >= 11 is 0. The lowest BCUT2D eigenvalue weighted by molar-refractivity contribution is 0.0765. The fourth-order valence-corrected chi connectivity index (χ4v) is 1.97. The molecule has 0 saturated heterocycles. The first kappa shape index (κ1) is 15.0. The van der Waals surface area contributed by atoms with E-state index in [0.29, 0.717) is 12.0 Å². The fourth-order valence-electron chi connectivity index (χ4n) is 1.97. The zero-order valence-electron chi connectivity index (χ0n) is 12.8. The standard InChI is InChI=1S/C15H26N4O/c1-11(2)20-9-5-4-8-17-14-10-13(16-3)18-15(19-14)12-6-7-12/h10-12H,4-9H2,1-3H3,(H2,16,17,18,19). The third kappa shape index (κ3) is 4.96. The molecule has 0 radical (unpaired) electrons. The van der Waals surface area contributed by atoms with Crippen LogP contribution in [0.2, 0.25) is 0 Å². The maximum Gasteiger partial charge on any atom is 0.136 e. The molecule has 20 heavy (non-hydrogen) atoms.